The standard InChI is InChI=1S/C14H19N3O/c1-8(2)13-12(15)14(18)17(16-13)11-6-5-9(3)7-10(11)4/h5-8,16H,15H2,1-4H3. The highest BCUT2D eigenvalue weighted by molar-refractivity contribution is 5.48. The number of benzene rings is 1. The van der Waals surface area contributed by atoms with Crippen molar-refractivity contribution < 1.29 is 0 Å². The molecule has 4 heteroatoms. The van der Waals surface area contributed by atoms with Gasteiger partial charge in [0.05, 0.1) is 11.4 Å². The van der Waals surface area contributed by atoms with Crippen molar-refractivity contribution in [1.29, 1.82) is 0 Å². The number of rotatable bonds is 2. The molecule has 0 saturated heterocycles. The molecule has 1 heterocycles. The maximum atomic E-state index is 12.1. The number of hydrogen-bond donors (Lipinski definition) is 2. The van der Waals surface area contributed by atoms with Gasteiger partial charge in [-0.3, -0.25) is 9.89 Å². The summed E-state index contributed by atoms with van der Waals surface area (Å²) in [6.07, 6.45) is 0. The summed E-state index contributed by atoms with van der Waals surface area (Å²) >= 11 is 0. The van der Waals surface area contributed by atoms with E-state index in [9.17, 15) is 4.79 Å². The summed E-state index contributed by atoms with van der Waals surface area (Å²) in [6.45, 7) is 8.03. The lowest BCUT2D eigenvalue weighted by atomic mass is 10.1. The smallest absolute Gasteiger partial charge is 0.294 e. The molecule has 1 aromatic carbocycles. The predicted octanol–water partition coefficient (Wildman–Crippen LogP) is 2.49. The van der Waals surface area contributed by atoms with Crippen molar-refractivity contribution in [2.45, 2.75) is 33.6 Å². The molecule has 2 rings (SSSR count). The van der Waals surface area contributed by atoms with E-state index in [1.165, 1.54) is 10.2 Å². The number of aromatic amines is 1. The van der Waals surface area contributed by atoms with E-state index >= 15 is 0 Å². The molecular weight excluding hydrogens is 226 g/mol. The van der Waals surface area contributed by atoms with Gasteiger partial charge in [0.15, 0.2) is 0 Å². The van der Waals surface area contributed by atoms with Gasteiger partial charge in [-0.1, -0.05) is 31.5 Å². The second-order valence-corrected chi connectivity index (χ2v) is 5.02. The Balaban J connectivity index is 2.65. The third-order valence-corrected chi connectivity index (χ3v) is 3.13. The molecule has 0 aliphatic carbocycles. The highest BCUT2D eigenvalue weighted by atomic mass is 16.1. The lowest BCUT2D eigenvalue weighted by Gasteiger charge is -2.07. The minimum Gasteiger partial charge on any atom is -0.393 e. The van der Waals surface area contributed by atoms with Crippen LogP contribution in [0.15, 0.2) is 23.0 Å². The molecule has 1 aromatic heterocycles. The number of anilines is 1. The van der Waals surface area contributed by atoms with Crippen LogP contribution in [0.1, 0.15) is 36.6 Å². The van der Waals surface area contributed by atoms with Gasteiger partial charge in [0.25, 0.3) is 5.56 Å². The molecular formula is C14H19N3O. The average Bonchev–Trinajstić information content (AvgIpc) is 2.57. The van der Waals surface area contributed by atoms with Crippen LogP contribution in [0.4, 0.5) is 5.69 Å². The fourth-order valence-corrected chi connectivity index (χ4v) is 2.13. The van der Waals surface area contributed by atoms with Crippen LogP contribution in [-0.2, 0) is 0 Å². The molecule has 96 valence electrons. The average molecular weight is 245 g/mol. The fourth-order valence-electron chi connectivity index (χ4n) is 2.13. The minimum absolute atomic E-state index is 0.175. The first-order chi connectivity index (χ1) is 8.41. The SMILES string of the molecule is Cc1ccc(-n2[nH]c(C(C)C)c(N)c2=O)c(C)c1. The second-order valence-electron chi connectivity index (χ2n) is 5.02. The summed E-state index contributed by atoms with van der Waals surface area (Å²) in [5.74, 6) is 0.199. The lowest BCUT2D eigenvalue weighted by molar-refractivity contribution is 0.758. The minimum atomic E-state index is -0.175. The molecule has 0 amide bonds. The summed E-state index contributed by atoms with van der Waals surface area (Å²) in [6, 6.07) is 5.97. The van der Waals surface area contributed by atoms with Gasteiger partial charge < -0.3 is 5.73 Å². The van der Waals surface area contributed by atoms with Crippen molar-refractivity contribution in [1.82, 2.24) is 9.78 Å². The summed E-state index contributed by atoms with van der Waals surface area (Å²) in [7, 11) is 0. The zero-order valence-corrected chi connectivity index (χ0v) is 11.2. The summed E-state index contributed by atoms with van der Waals surface area (Å²) in [5.41, 5.74) is 9.86. The van der Waals surface area contributed by atoms with E-state index in [4.69, 9.17) is 5.73 Å². The van der Waals surface area contributed by atoms with Crippen LogP contribution in [0, 0.1) is 13.8 Å². The normalized spacial score (nSPS) is 11.2. The molecule has 0 bridgehead atoms. The topological polar surface area (TPSA) is 63.8 Å². The number of nitrogens with one attached hydrogen (secondary N) is 1. The highest BCUT2D eigenvalue weighted by Crippen LogP contribution is 2.19. The zero-order valence-electron chi connectivity index (χ0n) is 11.2. The zero-order chi connectivity index (χ0) is 13.4. The number of aromatic nitrogens is 2. The van der Waals surface area contributed by atoms with Gasteiger partial charge in [-0.2, -0.15) is 0 Å². The summed E-state index contributed by atoms with van der Waals surface area (Å²) < 4.78 is 1.53. The van der Waals surface area contributed by atoms with E-state index in [0.717, 1.165) is 16.9 Å². The molecule has 3 N–H and O–H groups in total. The molecule has 0 aliphatic heterocycles. The van der Waals surface area contributed by atoms with Crippen LogP contribution in [0.5, 0.6) is 0 Å². The molecule has 2 aromatic rings. The Labute approximate surface area is 106 Å². The van der Waals surface area contributed by atoms with Crippen LogP contribution >= 0.6 is 0 Å². The van der Waals surface area contributed by atoms with Crippen molar-refractivity contribution >= 4 is 5.69 Å². The third kappa shape index (κ3) is 1.94. The Morgan fingerprint density at radius 2 is 1.94 bits per heavy atom. The largest absolute Gasteiger partial charge is 0.393 e. The first kappa shape index (κ1) is 12.5. The number of aryl methyl sites for hydroxylation is 2. The molecule has 18 heavy (non-hydrogen) atoms. The maximum Gasteiger partial charge on any atom is 0.294 e. The third-order valence-electron chi connectivity index (χ3n) is 3.13. The van der Waals surface area contributed by atoms with E-state index < -0.39 is 0 Å². The molecule has 0 radical (unpaired) electrons. The van der Waals surface area contributed by atoms with Gasteiger partial charge in [-0.25, -0.2) is 4.68 Å². The Bertz CT molecular complexity index is 635. The van der Waals surface area contributed by atoms with Gasteiger partial charge in [-0.05, 0) is 31.4 Å². The molecule has 4 nitrogen and oxygen atoms in total. The van der Waals surface area contributed by atoms with Crippen molar-refractivity contribution in [3.63, 3.8) is 0 Å². The Kier molecular flexibility index (Phi) is 3.03. The van der Waals surface area contributed by atoms with Crippen molar-refractivity contribution in [3.8, 4) is 5.69 Å². The van der Waals surface area contributed by atoms with E-state index in [-0.39, 0.29) is 11.5 Å². The van der Waals surface area contributed by atoms with Crippen LogP contribution < -0.4 is 11.3 Å². The van der Waals surface area contributed by atoms with Crippen LogP contribution in [-0.4, -0.2) is 9.78 Å². The number of hydrogen-bond acceptors (Lipinski definition) is 2. The van der Waals surface area contributed by atoms with E-state index in [2.05, 4.69) is 5.10 Å². The fraction of sp³-hybridized carbons (Fsp3) is 0.357. The Morgan fingerprint density at radius 1 is 1.28 bits per heavy atom. The summed E-state index contributed by atoms with van der Waals surface area (Å²) in [5, 5.41) is 3.10. The molecule has 0 aliphatic rings. The van der Waals surface area contributed by atoms with Crippen molar-refractivity contribution in [2.75, 3.05) is 5.73 Å². The van der Waals surface area contributed by atoms with Gasteiger partial charge in [0, 0.05) is 0 Å². The highest BCUT2D eigenvalue weighted by Gasteiger charge is 2.15. The Hall–Kier alpha value is -1.97. The monoisotopic (exact) mass is 245 g/mol. The van der Waals surface area contributed by atoms with E-state index in [1.54, 1.807) is 0 Å². The van der Waals surface area contributed by atoms with Crippen LogP contribution in [0.3, 0.4) is 0 Å². The number of nitrogens with zero attached hydrogens (tertiary/aromatic N) is 1. The quantitative estimate of drug-likeness (QED) is 0.853. The molecule has 0 spiro atoms. The van der Waals surface area contributed by atoms with Crippen LogP contribution in [0.25, 0.3) is 5.69 Å². The molecule has 0 unspecified atom stereocenters. The van der Waals surface area contributed by atoms with Crippen LogP contribution in [0.2, 0.25) is 0 Å². The first-order valence-corrected chi connectivity index (χ1v) is 6.10. The van der Waals surface area contributed by atoms with Crippen molar-refractivity contribution in [3.05, 3.63) is 45.4 Å². The van der Waals surface area contributed by atoms with E-state index in [1.807, 2.05) is 45.9 Å². The second kappa shape index (κ2) is 4.37. The summed E-state index contributed by atoms with van der Waals surface area (Å²) in [4.78, 5) is 12.1. The van der Waals surface area contributed by atoms with Crippen molar-refractivity contribution in [2.24, 2.45) is 0 Å². The lowest BCUT2D eigenvalue weighted by Crippen LogP contribution is -2.17. The van der Waals surface area contributed by atoms with E-state index in [0.29, 0.717) is 5.69 Å². The number of nitrogens with two attached hydrogens (primary N) is 1. The number of nitrogen functional groups attached to an aromatic ring is 1. The first-order valence-electron chi connectivity index (χ1n) is 6.10. The van der Waals surface area contributed by atoms with Gasteiger partial charge in [0.2, 0.25) is 0 Å². The predicted molar refractivity (Wildman–Crippen MR) is 74.4 cm³/mol. The maximum absolute atomic E-state index is 12.1. The molecule has 0 atom stereocenters. The van der Waals surface area contributed by atoms with Gasteiger partial charge >= 0.3 is 0 Å². The number of H-pyrrole nitrogens is 1. The molecule has 0 fully saturated rings. The van der Waals surface area contributed by atoms with Gasteiger partial charge in [-0.15, -0.1) is 0 Å². The molecule has 0 saturated carbocycles. The Morgan fingerprint density at radius 3 is 2.44 bits per heavy atom. The van der Waals surface area contributed by atoms with Gasteiger partial charge in [0.1, 0.15) is 5.69 Å².